The molecule has 0 bridgehead atoms. The molecular formula is C11H15N5O3. The molecule has 2 rings (SSSR count). The van der Waals surface area contributed by atoms with Crippen molar-refractivity contribution in [1.82, 2.24) is 9.88 Å². The summed E-state index contributed by atoms with van der Waals surface area (Å²) in [5.41, 5.74) is 5.65. The van der Waals surface area contributed by atoms with Gasteiger partial charge in [-0.25, -0.2) is 4.98 Å². The Morgan fingerprint density at radius 1 is 1.58 bits per heavy atom. The first-order chi connectivity index (χ1) is 9.08. The van der Waals surface area contributed by atoms with E-state index in [0.717, 1.165) is 0 Å². The summed E-state index contributed by atoms with van der Waals surface area (Å²) >= 11 is 0. The van der Waals surface area contributed by atoms with E-state index >= 15 is 0 Å². The Labute approximate surface area is 109 Å². The monoisotopic (exact) mass is 265 g/mol. The van der Waals surface area contributed by atoms with Crippen molar-refractivity contribution in [1.29, 1.82) is 0 Å². The van der Waals surface area contributed by atoms with Crippen LogP contribution in [0.1, 0.15) is 12.8 Å². The third-order valence-electron chi connectivity index (χ3n) is 2.97. The number of aliphatic imine (C=N–C) groups is 1. The smallest absolute Gasteiger partial charge is 0.313 e. The van der Waals surface area contributed by atoms with Crippen molar-refractivity contribution in [2.24, 2.45) is 10.7 Å². The molecule has 1 aromatic heterocycles. The molecule has 1 aromatic rings. The predicted molar refractivity (Wildman–Crippen MR) is 69.0 cm³/mol. The maximum absolute atomic E-state index is 10.8. The van der Waals surface area contributed by atoms with Crippen LogP contribution in [-0.4, -0.2) is 45.1 Å². The Morgan fingerprint density at radius 2 is 2.26 bits per heavy atom. The molecule has 8 nitrogen and oxygen atoms in total. The number of rotatable bonds is 2. The number of nitro groups is 1. The summed E-state index contributed by atoms with van der Waals surface area (Å²) in [6.45, 7) is 1.16. The van der Waals surface area contributed by atoms with Gasteiger partial charge in [0.2, 0.25) is 5.82 Å². The van der Waals surface area contributed by atoms with Gasteiger partial charge in [-0.3, -0.25) is 10.1 Å². The number of nitrogens with zero attached hydrogens (tertiary/aromatic N) is 4. The molecule has 1 saturated heterocycles. The van der Waals surface area contributed by atoms with E-state index < -0.39 is 4.92 Å². The van der Waals surface area contributed by atoms with Crippen LogP contribution in [0.2, 0.25) is 0 Å². The van der Waals surface area contributed by atoms with Gasteiger partial charge in [0.25, 0.3) is 0 Å². The van der Waals surface area contributed by atoms with Gasteiger partial charge in [0.1, 0.15) is 0 Å². The SMILES string of the molecule is N/C(=N\c1ncccc1[N+](=O)[O-])N1CCC(O)CC1. The zero-order chi connectivity index (χ0) is 13.8. The highest BCUT2D eigenvalue weighted by Gasteiger charge is 2.20. The minimum atomic E-state index is -0.543. The van der Waals surface area contributed by atoms with Crippen LogP contribution in [0.15, 0.2) is 23.3 Å². The maximum atomic E-state index is 10.8. The van der Waals surface area contributed by atoms with E-state index in [-0.39, 0.29) is 23.6 Å². The summed E-state index contributed by atoms with van der Waals surface area (Å²) in [5, 5.41) is 20.2. The van der Waals surface area contributed by atoms with Crippen LogP contribution in [-0.2, 0) is 0 Å². The van der Waals surface area contributed by atoms with Gasteiger partial charge in [0.15, 0.2) is 5.96 Å². The number of guanidine groups is 1. The van der Waals surface area contributed by atoms with Crippen molar-refractivity contribution >= 4 is 17.5 Å². The molecule has 0 saturated carbocycles. The molecule has 0 unspecified atom stereocenters. The molecule has 102 valence electrons. The number of likely N-dealkylation sites (tertiary alicyclic amines) is 1. The minimum absolute atomic E-state index is 0.00359. The van der Waals surface area contributed by atoms with Crippen molar-refractivity contribution in [3.05, 3.63) is 28.4 Å². The first-order valence-corrected chi connectivity index (χ1v) is 5.94. The molecule has 0 atom stereocenters. The standard InChI is InChI=1S/C11H15N5O3/c12-11(15-6-3-8(17)4-7-15)14-10-9(16(18)19)2-1-5-13-10/h1-2,5,8,17H,3-4,6-7H2,(H2,12,13,14). The van der Waals surface area contributed by atoms with E-state index in [4.69, 9.17) is 5.73 Å². The van der Waals surface area contributed by atoms with Gasteiger partial charge in [-0.15, -0.1) is 0 Å². The van der Waals surface area contributed by atoms with Gasteiger partial charge >= 0.3 is 5.69 Å². The average molecular weight is 265 g/mol. The van der Waals surface area contributed by atoms with Gasteiger partial charge in [0.05, 0.1) is 11.0 Å². The summed E-state index contributed by atoms with van der Waals surface area (Å²) in [5.74, 6) is 0.185. The van der Waals surface area contributed by atoms with E-state index in [2.05, 4.69) is 9.98 Å². The van der Waals surface area contributed by atoms with Crippen LogP contribution in [0.25, 0.3) is 0 Å². The second kappa shape index (κ2) is 5.61. The number of piperidine rings is 1. The van der Waals surface area contributed by atoms with Crippen LogP contribution in [0.3, 0.4) is 0 Å². The summed E-state index contributed by atoms with van der Waals surface area (Å²) in [7, 11) is 0. The van der Waals surface area contributed by atoms with Crippen LogP contribution >= 0.6 is 0 Å². The van der Waals surface area contributed by atoms with Crippen molar-refractivity contribution in [2.45, 2.75) is 18.9 Å². The largest absolute Gasteiger partial charge is 0.393 e. The number of pyridine rings is 1. The maximum Gasteiger partial charge on any atom is 0.313 e. The van der Waals surface area contributed by atoms with E-state index in [1.807, 2.05) is 0 Å². The molecule has 0 aromatic carbocycles. The molecular weight excluding hydrogens is 250 g/mol. The fourth-order valence-corrected chi connectivity index (χ4v) is 1.89. The highest BCUT2D eigenvalue weighted by atomic mass is 16.6. The first kappa shape index (κ1) is 13.2. The van der Waals surface area contributed by atoms with Crippen molar-refractivity contribution < 1.29 is 10.0 Å². The molecule has 0 amide bonds. The zero-order valence-corrected chi connectivity index (χ0v) is 10.3. The Kier molecular flexibility index (Phi) is 3.91. The van der Waals surface area contributed by atoms with Crippen LogP contribution in [0.4, 0.5) is 11.5 Å². The van der Waals surface area contributed by atoms with Gasteiger partial charge in [0, 0.05) is 25.4 Å². The van der Waals surface area contributed by atoms with Crippen LogP contribution < -0.4 is 5.73 Å². The molecule has 8 heteroatoms. The first-order valence-electron chi connectivity index (χ1n) is 5.94. The lowest BCUT2D eigenvalue weighted by molar-refractivity contribution is -0.384. The second-order valence-corrected chi connectivity index (χ2v) is 4.29. The van der Waals surface area contributed by atoms with E-state index in [0.29, 0.717) is 25.9 Å². The minimum Gasteiger partial charge on any atom is -0.393 e. The molecule has 1 fully saturated rings. The van der Waals surface area contributed by atoms with Gasteiger partial charge in [-0.05, 0) is 18.9 Å². The summed E-state index contributed by atoms with van der Waals surface area (Å²) in [6.07, 6.45) is 2.34. The lowest BCUT2D eigenvalue weighted by Gasteiger charge is -2.30. The molecule has 1 aliphatic rings. The summed E-state index contributed by atoms with van der Waals surface area (Å²) in [6, 6.07) is 2.81. The molecule has 2 heterocycles. The van der Waals surface area contributed by atoms with Crippen LogP contribution in [0.5, 0.6) is 0 Å². The average Bonchev–Trinajstić information content (AvgIpc) is 2.39. The Bertz CT molecular complexity index is 497. The second-order valence-electron chi connectivity index (χ2n) is 4.29. The Balaban J connectivity index is 2.19. The van der Waals surface area contributed by atoms with Gasteiger partial charge < -0.3 is 15.7 Å². The molecule has 19 heavy (non-hydrogen) atoms. The lowest BCUT2D eigenvalue weighted by Crippen LogP contribution is -2.43. The topological polar surface area (TPSA) is 118 Å². The molecule has 0 aliphatic carbocycles. The highest BCUT2D eigenvalue weighted by molar-refractivity contribution is 5.81. The van der Waals surface area contributed by atoms with Gasteiger partial charge in [-0.1, -0.05) is 0 Å². The summed E-state index contributed by atoms with van der Waals surface area (Å²) < 4.78 is 0. The molecule has 3 N–H and O–H groups in total. The Hall–Kier alpha value is -2.22. The number of aliphatic hydroxyl groups excluding tert-OH is 1. The Morgan fingerprint density at radius 3 is 2.89 bits per heavy atom. The van der Waals surface area contributed by atoms with Crippen molar-refractivity contribution in [3.8, 4) is 0 Å². The van der Waals surface area contributed by atoms with Crippen molar-refractivity contribution in [2.75, 3.05) is 13.1 Å². The quantitative estimate of drug-likeness (QED) is 0.345. The summed E-state index contributed by atoms with van der Waals surface area (Å²) in [4.78, 5) is 20.0. The highest BCUT2D eigenvalue weighted by Crippen LogP contribution is 2.23. The molecule has 0 spiro atoms. The van der Waals surface area contributed by atoms with Crippen molar-refractivity contribution in [3.63, 3.8) is 0 Å². The molecule has 1 aliphatic heterocycles. The molecule has 0 radical (unpaired) electrons. The van der Waals surface area contributed by atoms with E-state index in [9.17, 15) is 15.2 Å². The number of hydrogen-bond acceptors (Lipinski definition) is 5. The fourth-order valence-electron chi connectivity index (χ4n) is 1.89. The number of nitrogens with two attached hydrogens (primary N) is 1. The van der Waals surface area contributed by atoms with Gasteiger partial charge in [-0.2, -0.15) is 4.99 Å². The number of aromatic nitrogens is 1. The lowest BCUT2D eigenvalue weighted by atomic mass is 10.1. The van der Waals surface area contributed by atoms with E-state index in [1.54, 1.807) is 4.90 Å². The fraction of sp³-hybridized carbons (Fsp3) is 0.455. The number of hydrogen-bond donors (Lipinski definition) is 2. The third-order valence-corrected chi connectivity index (χ3v) is 2.97. The zero-order valence-electron chi connectivity index (χ0n) is 10.3. The third kappa shape index (κ3) is 3.16. The normalized spacial score (nSPS) is 17.5. The number of aliphatic hydroxyl groups is 1. The predicted octanol–water partition coefficient (Wildman–Crippen LogP) is 0.393. The van der Waals surface area contributed by atoms with E-state index in [1.165, 1.54) is 18.3 Å². The van der Waals surface area contributed by atoms with Crippen LogP contribution in [0, 0.1) is 10.1 Å².